The maximum atomic E-state index is 9.53. The largest absolute Gasteiger partial charge is 0.508 e. The highest BCUT2D eigenvalue weighted by atomic mass is 16.3. The van der Waals surface area contributed by atoms with Crippen molar-refractivity contribution in [1.82, 2.24) is 10.2 Å². The zero-order valence-corrected chi connectivity index (χ0v) is 9.44. The number of benzene rings is 2. The van der Waals surface area contributed by atoms with Gasteiger partial charge in [0.25, 0.3) is 0 Å². The fourth-order valence-electron chi connectivity index (χ4n) is 1.99. The maximum absolute atomic E-state index is 9.53. The van der Waals surface area contributed by atoms with Crippen LogP contribution in [0, 0.1) is 6.92 Å². The highest BCUT2D eigenvalue weighted by Crippen LogP contribution is 2.29. The number of aromatic amines is 1. The zero-order valence-electron chi connectivity index (χ0n) is 9.44. The SMILES string of the molecule is Cc1cc(-c2n[nH]c3ccccc23)ccc1O. The third kappa shape index (κ3) is 1.56. The molecule has 0 saturated carbocycles. The Labute approximate surface area is 98.7 Å². The topological polar surface area (TPSA) is 48.9 Å². The molecule has 0 aliphatic heterocycles. The van der Waals surface area contributed by atoms with E-state index in [1.165, 1.54) is 0 Å². The second kappa shape index (κ2) is 3.63. The fraction of sp³-hybridized carbons (Fsp3) is 0.0714. The number of H-pyrrole nitrogens is 1. The lowest BCUT2D eigenvalue weighted by Crippen LogP contribution is -1.81. The molecule has 0 aliphatic rings. The number of aryl methyl sites for hydroxylation is 1. The van der Waals surface area contributed by atoms with Crippen LogP contribution in [0.4, 0.5) is 0 Å². The molecule has 0 aliphatic carbocycles. The number of para-hydroxylation sites is 1. The number of aromatic hydroxyl groups is 1. The van der Waals surface area contributed by atoms with E-state index in [9.17, 15) is 5.11 Å². The van der Waals surface area contributed by atoms with Crippen LogP contribution in [-0.2, 0) is 0 Å². The average molecular weight is 224 g/mol. The molecular weight excluding hydrogens is 212 g/mol. The van der Waals surface area contributed by atoms with Crippen LogP contribution >= 0.6 is 0 Å². The summed E-state index contributed by atoms with van der Waals surface area (Å²) in [5.41, 5.74) is 3.81. The van der Waals surface area contributed by atoms with E-state index in [2.05, 4.69) is 10.2 Å². The summed E-state index contributed by atoms with van der Waals surface area (Å²) < 4.78 is 0. The molecule has 0 radical (unpaired) electrons. The summed E-state index contributed by atoms with van der Waals surface area (Å²) >= 11 is 0. The number of nitrogens with one attached hydrogen (secondary N) is 1. The molecular formula is C14H12N2O. The predicted molar refractivity (Wildman–Crippen MR) is 67.9 cm³/mol. The van der Waals surface area contributed by atoms with Crippen LogP contribution in [0.15, 0.2) is 42.5 Å². The smallest absolute Gasteiger partial charge is 0.118 e. The van der Waals surface area contributed by atoms with E-state index >= 15 is 0 Å². The molecule has 0 unspecified atom stereocenters. The number of phenolic OH excluding ortho intramolecular Hbond substituents is 1. The van der Waals surface area contributed by atoms with Crippen LogP contribution in [0.3, 0.4) is 0 Å². The molecule has 2 N–H and O–H groups in total. The molecule has 1 aromatic heterocycles. The first-order valence-electron chi connectivity index (χ1n) is 5.49. The van der Waals surface area contributed by atoms with Crippen molar-refractivity contribution in [2.75, 3.05) is 0 Å². The number of rotatable bonds is 1. The zero-order chi connectivity index (χ0) is 11.8. The third-order valence-corrected chi connectivity index (χ3v) is 2.94. The van der Waals surface area contributed by atoms with Gasteiger partial charge in [0.05, 0.1) is 11.2 Å². The first kappa shape index (κ1) is 9.90. The standard InChI is InChI=1S/C14H12N2O/c1-9-8-10(6-7-13(9)17)14-11-4-2-3-5-12(11)15-16-14/h2-8,17H,1H3,(H,15,16). The highest BCUT2D eigenvalue weighted by Gasteiger charge is 2.08. The van der Waals surface area contributed by atoms with Crippen molar-refractivity contribution in [3.05, 3.63) is 48.0 Å². The number of nitrogens with zero attached hydrogens (tertiary/aromatic N) is 1. The summed E-state index contributed by atoms with van der Waals surface area (Å²) in [6, 6.07) is 13.5. The Bertz CT molecular complexity index is 686. The van der Waals surface area contributed by atoms with Crippen LogP contribution in [0.5, 0.6) is 5.75 Å². The minimum absolute atomic E-state index is 0.314. The number of hydrogen-bond donors (Lipinski definition) is 2. The second-order valence-electron chi connectivity index (χ2n) is 4.12. The van der Waals surface area contributed by atoms with Gasteiger partial charge in [-0.25, -0.2) is 0 Å². The average Bonchev–Trinajstić information content (AvgIpc) is 2.76. The fourth-order valence-corrected chi connectivity index (χ4v) is 1.99. The molecule has 0 saturated heterocycles. The van der Waals surface area contributed by atoms with Gasteiger partial charge in [0.1, 0.15) is 5.75 Å². The Kier molecular flexibility index (Phi) is 2.11. The molecule has 3 nitrogen and oxygen atoms in total. The van der Waals surface area contributed by atoms with Crippen LogP contribution in [0.2, 0.25) is 0 Å². The first-order chi connectivity index (χ1) is 8.25. The van der Waals surface area contributed by atoms with E-state index in [0.29, 0.717) is 5.75 Å². The Balaban J connectivity index is 2.24. The van der Waals surface area contributed by atoms with Gasteiger partial charge in [0, 0.05) is 10.9 Å². The van der Waals surface area contributed by atoms with E-state index in [0.717, 1.165) is 27.7 Å². The molecule has 3 heteroatoms. The molecule has 84 valence electrons. The third-order valence-electron chi connectivity index (χ3n) is 2.94. The molecule has 1 heterocycles. The lowest BCUT2D eigenvalue weighted by Gasteiger charge is -2.02. The first-order valence-corrected chi connectivity index (χ1v) is 5.49. The summed E-state index contributed by atoms with van der Waals surface area (Å²) in [7, 11) is 0. The number of phenols is 1. The van der Waals surface area contributed by atoms with Crippen LogP contribution in [0.1, 0.15) is 5.56 Å². The van der Waals surface area contributed by atoms with Gasteiger partial charge in [-0.05, 0) is 36.8 Å². The lowest BCUT2D eigenvalue weighted by atomic mass is 10.1. The van der Waals surface area contributed by atoms with Crippen LogP contribution in [0.25, 0.3) is 22.2 Å². The van der Waals surface area contributed by atoms with E-state index in [4.69, 9.17) is 0 Å². The summed E-state index contributed by atoms with van der Waals surface area (Å²) in [4.78, 5) is 0. The van der Waals surface area contributed by atoms with E-state index in [-0.39, 0.29) is 0 Å². The van der Waals surface area contributed by atoms with Crippen molar-refractivity contribution in [2.45, 2.75) is 6.92 Å². The number of aromatic nitrogens is 2. The maximum Gasteiger partial charge on any atom is 0.118 e. The quantitative estimate of drug-likeness (QED) is 0.666. The van der Waals surface area contributed by atoms with Gasteiger partial charge in [-0.1, -0.05) is 18.2 Å². The highest BCUT2D eigenvalue weighted by molar-refractivity contribution is 5.92. The number of fused-ring (bicyclic) bond motifs is 1. The Morgan fingerprint density at radius 1 is 1.12 bits per heavy atom. The van der Waals surface area contributed by atoms with Crippen molar-refractivity contribution in [2.24, 2.45) is 0 Å². The number of hydrogen-bond acceptors (Lipinski definition) is 2. The van der Waals surface area contributed by atoms with Crippen molar-refractivity contribution in [1.29, 1.82) is 0 Å². The van der Waals surface area contributed by atoms with Gasteiger partial charge in [0.15, 0.2) is 0 Å². The molecule has 0 atom stereocenters. The van der Waals surface area contributed by atoms with Gasteiger partial charge >= 0.3 is 0 Å². The lowest BCUT2D eigenvalue weighted by molar-refractivity contribution is 0.471. The van der Waals surface area contributed by atoms with Crippen molar-refractivity contribution >= 4 is 10.9 Å². The van der Waals surface area contributed by atoms with Crippen molar-refractivity contribution in [3.8, 4) is 17.0 Å². The Hall–Kier alpha value is -2.29. The van der Waals surface area contributed by atoms with Crippen molar-refractivity contribution in [3.63, 3.8) is 0 Å². The van der Waals surface area contributed by atoms with Crippen LogP contribution in [-0.4, -0.2) is 15.3 Å². The predicted octanol–water partition coefficient (Wildman–Crippen LogP) is 3.24. The second-order valence-corrected chi connectivity index (χ2v) is 4.12. The Morgan fingerprint density at radius 3 is 2.76 bits per heavy atom. The van der Waals surface area contributed by atoms with Gasteiger partial charge in [-0.3, -0.25) is 5.10 Å². The van der Waals surface area contributed by atoms with E-state index in [1.807, 2.05) is 43.3 Å². The van der Waals surface area contributed by atoms with Crippen molar-refractivity contribution < 1.29 is 5.11 Å². The molecule has 3 aromatic rings. The van der Waals surface area contributed by atoms with Gasteiger partial charge in [0.2, 0.25) is 0 Å². The van der Waals surface area contributed by atoms with Crippen LogP contribution < -0.4 is 0 Å². The molecule has 0 amide bonds. The molecule has 3 rings (SSSR count). The van der Waals surface area contributed by atoms with Gasteiger partial charge in [-0.15, -0.1) is 0 Å². The summed E-state index contributed by atoms with van der Waals surface area (Å²) in [5, 5.41) is 18.0. The minimum Gasteiger partial charge on any atom is -0.508 e. The van der Waals surface area contributed by atoms with Gasteiger partial charge in [-0.2, -0.15) is 5.10 Å². The van der Waals surface area contributed by atoms with E-state index in [1.54, 1.807) is 6.07 Å². The monoisotopic (exact) mass is 224 g/mol. The Morgan fingerprint density at radius 2 is 1.94 bits per heavy atom. The molecule has 17 heavy (non-hydrogen) atoms. The summed E-state index contributed by atoms with van der Waals surface area (Å²) in [6.45, 7) is 1.88. The summed E-state index contributed by atoms with van der Waals surface area (Å²) in [5.74, 6) is 0.314. The van der Waals surface area contributed by atoms with Gasteiger partial charge < -0.3 is 5.11 Å². The molecule has 2 aromatic carbocycles. The molecule has 0 bridgehead atoms. The summed E-state index contributed by atoms with van der Waals surface area (Å²) in [6.07, 6.45) is 0. The van der Waals surface area contributed by atoms with E-state index < -0.39 is 0 Å². The molecule has 0 spiro atoms. The minimum atomic E-state index is 0.314. The normalized spacial score (nSPS) is 10.9. The molecule has 0 fully saturated rings.